The summed E-state index contributed by atoms with van der Waals surface area (Å²) in [6.45, 7) is 7.69. The SMILES string of the molecule is CCOc1ccccc1CCCNC(=S)Nc1cc(C)ccc1C. The van der Waals surface area contributed by atoms with Gasteiger partial charge in [-0.3, -0.25) is 0 Å². The molecule has 128 valence electrons. The zero-order valence-electron chi connectivity index (χ0n) is 14.7. The maximum absolute atomic E-state index is 5.66. The second-order valence-corrected chi connectivity index (χ2v) is 6.25. The maximum atomic E-state index is 5.66. The fourth-order valence-corrected chi connectivity index (χ4v) is 2.74. The fraction of sp³-hybridized carbons (Fsp3) is 0.350. The smallest absolute Gasteiger partial charge is 0.170 e. The van der Waals surface area contributed by atoms with E-state index in [-0.39, 0.29) is 0 Å². The Morgan fingerprint density at radius 3 is 2.71 bits per heavy atom. The molecule has 0 aliphatic rings. The van der Waals surface area contributed by atoms with E-state index < -0.39 is 0 Å². The van der Waals surface area contributed by atoms with Crippen molar-refractivity contribution in [3.05, 3.63) is 59.2 Å². The van der Waals surface area contributed by atoms with Crippen molar-refractivity contribution < 1.29 is 4.74 Å². The van der Waals surface area contributed by atoms with Crippen LogP contribution in [0.4, 0.5) is 5.69 Å². The van der Waals surface area contributed by atoms with Gasteiger partial charge in [-0.05, 0) is 74.7 Å². The first kappa shape index (κ1) is 18.3. The summed E-state index contributed by atoms with van der Waals surface area (Å²) in [4.78, 5) is 0. The second kappa shape index (κ2) is 9.28. The van der Waals surface area contributed by atoms with Crippen LogP contribution in [0.1, 0.15) is 30.0 Å². The van der Waals surface area contributed by atoms with Crippen molar-refractivity contribution in [2.45, 2.75) is 33.6 Å². The lowest BCUT2D eigenvalue weighted by Gasteiger charge is -2.14. The van der Waals surface area contributed by atoms with Crippen LogP contribution in [0.3, 0.4) is 0 Å². The molecule has 0 atom stereocenters. The molecule has 2 aromatic rings. The van der Waals surface area contributed by atoms with Crippen LogP contribution < -0.4 is 15.4 Å². The zero-order valence-corrected chi connectivity index (χ0v) is 15.5. The Morgan fingerprint density at radius 1 is 1.12 bits per heavy atom. The van der Waals surface area contributed by atoms with Gasteiger partial charge in [-0.15, -0.1) is 0 Å². The molecule has 4 heteroatoms. The lowest BCUT2D eigenvalue weighted by molar-refractivity contribution is 0.336. The summed E-state index contributed by atoms with van der Waals surface area (Å²) >= 11 is 5.39. The third-order valence-corrected chi connectivity index (χ3v) is 4.07. The predicted octanol–water partition coefficient (Wildman–Crippen LogP) is 4.62. The summed E-state index contributed by atoms with van der Waals surface area (Å²) in [5, 5.41) is 7.22. The van der Waals surface area contributed by atoms with Crippen LogP contribution in [0.15, 0.2) is 42.5 Å². The average molecular weight is 343 g/mol. The topological polar surface area (TPSA) is 33.3 Å². The summed E-state index contributed by atoms with van der Waals surface area (Å²) in [7, 11) is 0. The van der Waals surface area contributed by atoms with Gasteiger partial charge in [0.05, 0.1) is 6.61 Å². The van der Waals surface area contributed by atoms with Crippen LogP contribution >= 0.6 is 12.2 Å². The standard InChI is InChI=1S/C20H26N2OS/c1-4-23-19-10-6-5-8-17(19)9-7-13-21-20(24)22-18-14-15(2)11-12-16(18)3/h5-6,8,10-12,14H,4,7,9,13H2,1-3H3,(H2,21,22,24). The number of nitrogens with one attached hydrogen (secondary N) is 2. The fourth-order valence-electron chi connectivity index (χ4n) is 2.52. The minimum absolute atomic E-state index is 0.668. The Morgan fingerprint density at radius 2 is 1.92 bits per heavy atom. The van der Waals surface area contributed by atoms with Gasteiger partial charge < -0.3 is 15.4 Å². The molecule has 0 fully saturated rings. The molecule has 2 N–H and O–H groups in total. The van der Waals surface area contributed by atoms with Crippen molar-refractivity contribution in [3.8, 4) is 5.75 Å². The highest BCUT2D eigenvalue weighted by molar-refractivity contribution is 7.80. The third kappa shape index (κ3) is 5.53. The van der Waals surface area contributed by atoms with Crippen LogP contribution in [0, 0.1) is 13.8 Å². The number of thiocarbonyl (C=S) groups is 1. The molecule has 0 saturated heterocycles. The predicted molar refractivity (Wildman–Crippen MR) is 106 cm³/mol. The zero-order chi connectivity index (χ0) is 17.4. The molecule has 0 amide bonds. The summed E-state index contributed by atoms with van der Waals surface area (Å²) in [6.07, 6.45) is 1.97. The van der Waals surface area contributed by atoms with E-state index in [0.717, 1.165) is 30.8 Å². The average Bonchev–Trinajstić information content (AvgIpc) is 2.56. The van der Waals surface area contributed by atoms with Gasteiger partial charge in [0.1, 0.15) is 5.75 Å². The van der Waals surface area contributed by atoms with Crippen molar-refractivity contribution in [2.75, 3.05) is 18.5 Å². The quantitative estimate of drug-likeness (QED) is 0.568. The van der Waals surface area contributed by atoms with E-state index in [1.165, 1.54) is 16.7 Å². The Kier molecular flexibility index (Phi) is 7.07. The minimum Gasteiger partial charge on any atom is -0.494 e. The number of hydrogen-bond acceptors (Lipinski definition) is 2. The maximum Gasteiger partial charge on any atom is 0.170 e. The van der Waals surface area contributed by atoms with Crippen molar-refractivity contribution >= 4 is 23.0 Å². The number of hydrogen-bond donors (Lipinski definition) is 2. The lowest BCUT2D eigenvalue weighted by Crippen LogP contribution is -2.29. The van der Waals surface area contributed by atoms with Crippen LogP contribution in [-0.4, -0.2) is 18.3 Å². The number of anilines is 1. The van der Waals surface area contributed by atoms with Crippen molar-refractivity contribution in [3.63, 3.8) is 0 Å². The van der Waals surface area contributed by atoms with Gasteiger partial charge >= 0.3 is 0 Å². The molecule has 2 rings (SSSR count). The first-order chi connectivity index (χ1) is 11.6. The molecular formula is C20H26N2OS. The van der Waals surface area contributed by atoms with E-state index in [1.54, 1.807) is 0 Å². The summed E-state index contributed by atoms with van der Waals surface area (Å²) in [5.41, 5.74) is 4.72. The van der Waals surface area contributed by atoms with E-state index in [9.17, 15) is 0 Å². The number of para-hydroxylation sites is 1. The molecule has 0 bridgehead atoms. The highest BCUT2D eigenvalue weighted by atomic mass is 32.1. The Hall–Kier alpha value is -2.07. The molecule has 24 heavy (non-hydrogen) atoms. The Bertz CT molecular complexity index is 685. The molecule has 0 unspecified atom stereocenters. The normalized spacial score (nSPS) is 10.3. The van der Waals surface area contributed by atoms with Gasteiger partial charge in [0.15, 0.2) is 5.11 Å². The summed E-state index contributed by atoms with van der Waals surface area (Å²) in [6, 6.07) is 14.5. The highest BCUT2D eigenvalue weighted by Crippen LogP contribution is 2.19. The number of aryl methyl sites for hydroxylation is 3. The molecule has 0 saturated carbocycles. The molecule has 0 aromatic heterocycles. The number of rotatable bonds is 7. The van der Waals surface area contributed by atoms with Crippen LogP contribution in [0.2, 0.25) is 0 Å². The molecular weight excluding hydrogens is 316 g/mol. The molecule has 0 aliphatic carbocycles. The van der Waals surface area contributed by atoms with Gasteiger partial charge in [-0.2, -0.15) is 0 Å². The van der Waals surface area contributed by atoms with E-state index >= 15 is 0 Å². The number of ether oxygens (including phenoxy) is 1. The highest BCUT2D eigenvalue weighted by Gasteiger charge is 2.04. The van der Waals surface area contributed by atoms with E-state index in [0.29, 0.717) is 11.7 Å². The second-order valence-electron chi connectivity index (χ2n) is 5.84. The monoisotopic (exact) mass is 342 g/mol. The first-order valence-corrected chi connectivity index (χ1v) is 8.83. The Labute approximate surface area is 150 Å². The van der Waals surface area contributed by atoms with Crippen molar-refractivity contribution in [1.29, 1.82) is 0 Å². The van der Waals surface area contributed by atoms with Crippen LogP contribution in [0.5, 0.6) is 5.75 Å². The van der Waals surface area contributed by atoms with Gasteiger partial charge in [0, 0.05) is 12.2 Å². The molecule has 0 radical (unpaired) electrons. The third-order valence-electron chi connectivity index (χ3n) is 3.82. The van der Waals surface area contributed by atoms with Gasteiger partial charge in [-0.25, -0.2) is 0 Å². The summed E-state index contributed by atoms with van der Waals surface area (Å²) < 4.78 is 5.66. The lowest BCUT2D eigenvalue weighted by atomic mass is 10.1. The van der Waals surface area contributed by atoms with Crippen molar-refractivity contribution in [2.24, 2.45) is 0 Å². The first-order valence-electron chi connectivity index (χ1n) is 8.43. The van der Waals surface area contributed by atoms with Gasteiger partial charge in [0.2, 0.25) is 0 Å². The minimum atomic E-state index is 0.668. The van der Waals surface area contributed by atoms with E-state index in [2.05, 4.69) is 54.8 Å². The van der Waals surface area contributed by atoms with Crippen LogP contribution in [-0.2, 0) is 6.42 Å². The molecule has 0 heterocycles. The van der Waals surface area contributed by atoms with Gasteiger partial charge in [-0.1, -0.05) is 30.3 Å². The molecule has 2 aromatic carbocycles. The largest absolute Gasteiger partial charge is 0.494 e. The van der Waals surface area contributed by atoms with Gasteiger partial charge in [0.25, 0.3) is 0 Å². The van der Waals surface area contributed by atoms with E-state index in [4.69, 9.17) is 17.0 Å². The van der Waals surface area contributed by atoms with Crippen molar-refractivity contribution in [1.82, 2.24) is 5.32 Å². The van der Waals surface area contributed by atoms with Crippen LogP contribution in [0.25, 0.3) is 0 Å². The Balaban J connectivity index is 1.78. The molecule has 0 aliphatic heterocycles. The van der Waals surface area contributed by atoms with E-state index in [1.807, 2.05) is 19.1 Å². The molecule has 3 nitrogen and oxygen atoms in total. The summed E-state index contributed by atoms with van der Waals surface area (Å²) in [5.74, 6) is 0.982. The molecule has 0 spiro atoms. The number of benzene rings is 2.